The zero-order valence-electron chi connectivity index (χ0n) is 10.7. The molecule has 0 saturated carbocycles. The first kappa shape index (κ1) is 15.5. The van der Waals surface area contributed by atoms with Crippen LogP contribution in [-0.2, 0) is 11.3 Å². The van der Waals surface area contributed by atoms with Crippen LogP contribution < -0.4 is 0 Å². The van der Waals surface area contributed by atoms with Crippen molar-refractivity contribution >= 4 is 5.91 Å². The maximum absolute atomic E-state index is 12.5. The highest BCUT2D eigenvalue weighted by Gasteiger charge is 2.51. The molecule has 106 valence electrons. The molecule has 0 aliphatic heterocycles. The smallest absolute Gasteiger partial charge is 0.380 e. The van der Waals surface area contributed by atoms with Gasteiger partial charge in [-0.25, -0.2) is 0 Å². The summed E-state index contributed by atoms with van der Waals surface area (Å²) in [5.41, 5.74) is -2.19. The number of alkyl halides is 3. The van der Waals surface area contributed by atoms with Gasteiger partial charge in [-0.2, -0.15) is 13.2 Å². The second-order valence-electron chi connectivity index (χ2n) is 4.68. The molecule has 0 fully saturated rings. The Morgan fingerprint density at radius 1 is 1.26 bits per heavy atom. The van der Waals surface area contributed by atoms with Gasteiger partial charge in [0.2, 0.25) is 5.91 Å². The van der Waals surface area contributed by atoms with Gasteiger partial charge in [0.15, 0.2) is 5.60 Å². The number of halogens is 3. The second-order valence-corrected chi connectivity index (χ2v) is 4.68. The van der Waals surface area contributed by atoms with E-state index in [4.69, 9.17) is 0 Å². The quantitative estimate of drug-likeness (QED) is 0.916. The molecule has 0 radical (unpaired) electrons. The summed E-state index contributed by atoms with van der Waals surface area (Å²) >= 11 is 0. The molecule has 0 heterocycles. The van der Waals surface area contributed by atoms with Gasteiger partial charge in [-0.3, -0.25) is 4.79 Å². The molecule has 1 aromatic rings. The van der Waals surface area contributed by atoms with Gasteiger partial charge in [0.1, 0.15) is 0 Å². The lowest BCUT2D eigenvalue weighted by Gasteiger charge is -2.28. The lowest BCUT2D eigenvalue weighted by Crippen LogP contribution is -2.46. The third-order valence-electron chi connectivity index (χ3n) is 2.79. The fraction of sp³-hybridized carbons (Fsp3) is 0.462. The largest absolute Gasteiger partial charge is 0.417 e. The Bertz CT molecular complexity index is 429. The predicted molar refractivity (Wildman–Crippen MR) is 64.2 cm³/mol. The number of carbonyl (C=O) groups excluding carboxylic acids is 1. The van der Waals surface area contributed by atoms with Crippen LogP contribution in [0.3, 0.4) is 0 Å². The number of rotatable bonds is 4. The van der Waals surface area contributed by atoms with E-state index >= 15 is 0 Å². The third-order valence-corrected chi connectivity index (χ3v) is 2.79. The van der Waals surface area contributed by atoms with Crippen LogP contribution in [0.5, 0.6) is 0 Å². The van der Waals surface area contributed by atoms with Gasteiger partial charge in [-0.05, 0) is 12.5 Å². The molecule has 0 aliphatic rings. The number of nitrogens with zero attached hydrogens (tertiary/aromatic N) is 1. The second kappa shape index (κ2) is 5.61. The van der Waals surface area contributed by atoms with Crippen LogP contribution in [0.25, 0.3) is 0 Å². The highest BCUT2D eigenvalue weighted by atomic mass is 19.4. The lowest BCUT2D eigenvalue weighted by molar-refractivity contribution is -0.254. The van der Waals surface area contributed by atoms with Gasteiger partial charge in [0.05, 0.1) is 6.42 Å². The Labute approximate surface area is 109 Å². The topological polar surface area (TPSA) is 40.5 Å². The minimum atomic E-state index is -4.82. The van der Waals surface area contributed by atoms with Crippen LogP contribution >= 0.6 is 0 Å². The highest BCUT2D eigenvalue weighted by molar-refractivity contribution is 5.77. The van der Waals surface area contributed by atoms with Gasteiger partial charge in [-0.15, -0.1) is 0 Å². The van der Waals surface area contributed by atoms with Crippen LogP contribution in [0.1, 0.15) is 18.9 Å². The van der Waals surface area contributed by atoms with E-state index in [-0.39, 0.29) is 6.54 Å². The van der Waals surface area contributed by atoms with E-state index in [9.17, 15) is 23.1 Å². The summed E-state index contributed by atoms with van der Waals surface area (Å²) in [6.45, 7) is 0.800. The van der Waals surface area contributed by atoms with Crippen molar-refractivity contribution in [1.82, 2.24) is 4.90 Å². The minimum Gasteiger partial charge on any atom is -0.380 e. The molecule has 1 amide bonds. The summed E-state index contributed by atoms with van der Waals surface area (Å²) in [5.74, 6) is -0.758. The van der Waals surface area contributed by atoms with E-state index in [1.54, 1.807) is 30.3 Å². The van der Waals surface area contributed by atoms with Gasteiger partial charge in [0, 0.05) is 13.6 Å². The number of hydrogen-bond donors (Lipinski definition) is 1. The van der Waals surface area contributed by atoms with Gasteiger partial charge < -0.3 is 10.0 Å². The number of aliphatic hydroxyl groups is 1. The van der Waals surface area contributed by atoms with Crippen molar-refractivity contribution in [2.45, 2.75) is 31.7 Å². The van der Waals surface area contributed by atoms with E-state index in [0.29, 0.717) is 6.92 Å². The number of amides is 1. The summed E-state index contributed by atoms with van der Waals surface area (Å²) < 4.78 is 37.4. The van der Waals surface area contributed by atoms with Crippen LogP contribution in [0.15, 0.2) is 30.3 Å². The molecule has 19 heavy (non-hydrogen) atoms. The molecule has 1 unspecified atom stereocenters. The van der Waals surface area contributed by atoms with Crippen molar-refractivity contribution in [3.63, 3.8) is 0 Å². The number of benzene rings is 1. The van der Waals surface area contributed by atoms with E-state index in [1.807, 2.05) is 0 Å². The Morgan fingerprint density at radius 3 is 2.26 bits per heavy atom. The van der Waals surface area contributed by atoms with Crippen molar-refractivity contribution < 1.29 is 23.1 Å². The zero-order valence-corrected chi connectivity index (χ0v) is 10.7. The highest BCUT2D eigenvalue weighted by Crippen LogP contribution is 2.33. The van der Waals surface area contributed by atoms with E-state index in [1.165, 1.54) is 7.05 Å². The van der Waals surface area contributed by atoms with Crippen LogP contribution in [0, 0.1) is 0 Å². The van der Waals surface area contributed by atoms with Crippen LogP contribution in [-0.4, -0.2) is 34.7 Å². The average molecular weight is 275 g/mol. The number of carbonyl (C=O) groups is 1. The summed E-state index contributed by atoms with van der Waals surface area (Å²) in [6, 6.07) is 8.90. The molecule has 0 aliphatic carbocycles. The molecule has 1 atom stereocenters. The molecule has 6 heteroatoms. The van der Waals surface area contributed by atoms with Crippen molar-refractivity contribution in [3.8, 4) is 0 Å². The van der Waals surface area contributed by atoms with Gasteiger partial charge in [-0.1, -0.05) is 30.3 Å². The van der Waals surface area contributed by atoms with Crippen molar-refractivity contribution in [2.75, 3.05) is 7.05 Å². The molecule has 0 spiro atoms. The SMILES string of the molecule is CN(Cc1ccccc1)C(=O)CC(C)(O)C(F)(F)F. The Kier molecular flexibility index (Phi) is 4.57. The molecular weight excluding hydrogens is 259 g/mol. The maximum Gasteiger partial charge on any atom is 0.417 e. The fourth-order valence-electron chi connectivity index (χ4n) is 1.48. The summed E-state index contributed by atoms with van der Waals surface area (Å²) in [7, 11) is 1.40. The van der Waals surface area contributed by atoms with Crippen molar-refractivity contribution in [1.29, 1.82) is 0 Å². The molecule has 1 aromatic carbocycles. The first-order chi connectivity index (χ1) is 8.63. The molecular formula is C13H16F3NO2. The minimum absolute atomic E-state index is 0.202. The molecule has 0 bridgehead atoms. The molecule has 1 rings (SSSR count). The summed E-state index contributed by atoms with van der Waals surface area (Å²) in [4.78, 5) is 12.8. The van der Waals surface area contributed by atoms with E-state index in [0.717, 1.165) is 10.5 Å². The standard InChI is InChI=1S/C13H16F3NO2/c1-12(19,13(14,15)16)8-11(18)17(2)9-10-6-4-3-5-7-10/h3-7,19H,8-9H2,1-2H3. The molecule has 0 saturated heterocycles. The predicted octanol–water partition coefficient (Wildman–Crippen LogP) is 2.35. The van der Waals surface area contributed by atoms with Gasteiger partial charge in [0.25, 0.3) is 0 Å². The zero-order chi connectivity index (χ0) is 14.7. The number of hydrogen-bond acceptors (Lipinski definition) is 2. The maximum atomic E-state index is 12.5. The lowest BCUT2D eigenvalue weighted by atomic mass is 10.0. The summed E-state index contributed by atoms with van der Waals surface area (Å²) in [5, 5.41) is 9.26. The fourth-order valence-corrected chi connectivity index (χ4v) is 1.48. The first-order valence-corrected chi connectivity index (χ1v) is 5.70. The first-order valence-electron chi connectivity index (χ1n) is 5.70. The van der Waals surface area contributed by atoms with Crippen LogP contribution in [0.4, 0.5) is 13.2 Å². The average Bonchev–Trinajstić information content (AvgIpc) is 2.28. The Morgan fingerprint density at radius 2 is 1.79 bits per heavy atom. The van der Waals surface area contributed by atoms with Crippen molar-refractivity contribution in [3.05, 3.63) is 35.9 Å². The Hall–Kier alpha value is -1.56. The van der Waals surface area contributed by atoms with Crippen molar-refractivity contribution in [2.24, 2.45) is 0 Å². The van der Waals surface area contributed by atoms with Crippen LogP contribution in [0.2, 0.25) is 0 Å². The monoisotopic (exact) mass is 275 g/mol. The molecule has 0 aromatic heterocycles. The van der Waals surface area contributed by atoms with E-state index < -0.39 is 24.1 Å². The molecule has 1 N–H and O–H groups in total. The van der Waals surface area contributed by atoms with Gasteiger partial charge >= 0.3 is 6.18 Å². The molecule has 3 nitrogen and oxygen atoms in total. The van der Waals surface area contributed by atoms with E-state index in [2.05, 4.69) is 0 Å². The summed E-state index contributed by atoms with van der Waals surface area (Å²) in [6.07, 6.45) is -5.81. The third kappa shape index (κ3) is 4.24. The normalized spacial score (nSPS) is 14.8. The Balaban J connectivity index is 2.64.